The van der Waals surface area contributed by atoms with E-state index in [0.29, 0.717) is 12.3 Å². The number of benzene rings is 1. The van der Waals surface area contributed by atoms with Crippen molar-refractivity contribution in [3.63, 3.8) is 0 Å². The number of nitrogens with two attached hydrogens (primary N) is 1. The van der Waals surface area contributed by atoms with Gasteiger partial charge in [0.25, 0.3) is 0 Å². The van der Waals surface area contributed by atoms with Crippen molar-refractivity contribution in [3.05, 3.63) is 29.8 Å². The highest BCUT2D eigenvalue weighted by Crippen LogP contribution is 2.11. The van der Waals surface area contributed by atoms with Crippen LogP contribution in [-0.2, 0) is 20.9 Å². The maximum absolute atomic E-state index is 11.7. The lowest BCUT2D eigenvalue weighted by Gasteiger charge is -2.14. The molecule has 0 aliphatic carbocycles. The molecule has 8 heteroatoms. The molecule has 1 unspecified atom stereocenters. The quantitative estimate of drug-likeness (QED) is 0.574. The number of carbonyl (C=O) groups is 3. The standard InChI is InChI=1S/C13H17N3O5/c1-21-7-8-3-2-4-9(5-8)15-13(20)16-10(12(18)19)6-11(14)17/h2-5,10H,6-7H2,1H3,(H2,14,17)(H,18,19)(H2,15,16,20). The van der Waals surface area contributed by atoms with E-state index in [2.05, 4.69) is 10.6 Å². The van der Waals surface area contributed by atoms with Gasteiger partial charge in [0.2, 0.25) is 5.91 Å². The molecule has 8 nitrogen and oxygen atoms in total. The molecule has 1 rings (SSSR count). The topological polar surface area (TPSA) is 131 Å². The number of urea groups is 1. The largest absolute Gasteiger partial charge is 0.480 e. The Hall–Kier alpha value is -2.61. The van der Waals surface area contributed by atoms with Gasteiger partial charge >= 0.3 is 12.0 Å². The number of rotatable bonds is 7. The van der Waals surface area contributed by atoms with Gasteiger partial charge in [-0.15, -0.1) is 0 Å². The number of methoxy groups -OCH3 is 1. The zero-order valence-corrected chi connectivity index (χ0v) is 11.5. The summed E-state index contributed by atoms with van der Waals surface area (Å²) in [6, 6.07) is 4.76. The summed E-state index contributed by atoms with van der Waals surface area (Å²) in [4.78, 5) is 33.3. The molecule has 0 aliphatic rings. The van der Waals surface area contributed by atoms with E-state index < -0.39 is 30.4 Å². The van der Waals surface area contributed by atoms with Gasteiger partial charge in [-0.1, -0.05) is 12.1 Å². The van der Waals surface area contributed by atoms with Crippen molar-refractivity contribution in [2.24, 2.45) is 5.73 Å². The number of hydrogen-bond acceptors (Lipinski definition) is 4. The zero-order chi connectivity index (χ0) is 15.8. The van der Waals surface area contributed by atoms with Gasteiger partial charge in [-0.2, -0.15) is 0 Å². The molecule has 0 radical (unpaired) electrons. The predicted octanol–water partition coefficient (Wildman–Crippen LogP) is 0.283. The fourth-order valence-electron chi connectivity index (χ4n) is 1.63. The Kier molecular flexibility index (Phi) is 6.15. The second-order valence-electron chi connectivity index (χ2n) is 4.29. The summed E-state index contributed by atoms with van der Waals surface area (Å²) in [5, 5.41) is 13.5. The molecule has 1 aromatic rings. The summed E-state index contributed by atoms with van der Waals surface area (Å²) >= 11 is 0. The molecule has 1 aromatic carbocycles. The summed E-state index contributed by atoms with van der Waals surface area (Å²) in [6.07, 6.45) is -0.480. The predicted molar refractivity (Wildman–Crippen MR) is 74.5 cm³/mol. The summed E-state index contributed by atoms with van der Waals surface area (Å²) < 4.78 is 4.97. The van der Waals surface area contributed by atoms with E-state index >= 15 is 0 Å². The van der Waals surface area contributed by atoms with Crippen molar-refractivity contribution >= 4 is 23.6 Å². The van der Waals surface area contributed by atoms with Crippen LogP contribution in [0.1, 0.15) is 12.0 Å². The Morgan fingerprint density at radius 2 is 2.10 bits per heavy atom. The fraction of sp³-hybridized carbons (Fsp3) is 0.308. The lowest BCUT2D eigenvalue weighted by Crippen LogP contribution is -2.45. The van der Waals surface area contributed by atoms with Crippen LogP contribution in [0.5, 0.6) is 0 Å². The Labute approximate surface area is 121 Å². The van der Waals surface area contributed by atoms with Gasteiger partial charge in [-0.3, -0.25) is 4.79 Å². The van der Waals surface area contributed by atoms with Gasteiger partial charge in [-0.25, -0.2) is 9.59 Å². The highest BCUT2D eigenvalue weighted by Gasteiger charge is 2.22. The first-order valence-corrected chi connectivity index (χ1v) is 6.09. The van der Waals surface area contributed by atoms with Gasteiger partial charge in [-0.05, 0) is 17.7 Å². The molecule has 5 N–H and O–H groups in total. The third-order valence-electron chi connectivity index (χ3n) is 2.50. The van der Waals surface area contributed by atoms with Gasteiger partial charge in [0.15, 0.2) is 0 Å². The minimum Gasteiger partial charge on any atom is -0.480 e. The van der Waals surface area contributed by atoms with Crippen molar-refractivity contribution in [2.45, 2.75) is 19.1 Å². The number of nitrogens with one attached hydrogen (secondary N) is 2. The molecule has 114 valence electrons. The van der Waals surface area contributed by atoms with Crippen LogP contribution in [-0.4, -0.2) is 36.2 Å². The van der Waals surface area contributed by atoms with E-state index in [1.807, 2.05) is 6.07 Å². The van der Waals surface area contributed by atoms with E-state index in [0.717, 1.165) is 5.56 Å². The third-order valence-corrected chi connectivity index (χ3v) is 2.50. The van der Waals surface area contributed by atoms with Gasteiger partial charge in [0.1, 0.15) is 6.04 Å². The first-order chi connectivity index (χ1) is 9.92. The zero-order valence-electron chi connectivity index (χ0n) is 11.5. The maximum Gasteiger partial charge on any atom is 0.326 e. The van der Waals surface area contributed by atoms with Crippen LogP contribution in [0.3, 0.4) is 0 Å². The molecule has 0 aliphatic heterocycles. The molecule has 0 aromatic heterocycles. The van der Waals surface area contributed by atoms with E-state index in [9.17, 15) is 14.4 Å². The molecule has 0 bridgehead atoms. The number of carboxylic acid groups (broad SMARTS) is 1. The maximum atomic E-state index is 11.7. The van der Waals surface area contributed by atoms with Gasteiger partial charge < -0.3 is 26.2 Å². The molecule has 0 heterocycles. The number of carbonyl (C=O) groups excluding carboxylic acids is 2. The lowest BCUT2D eigenvalue weighted by atomic mass is 10.2. The van der Waals surface area contributed by atoms with Gasteiger partial charge in [0.05, 0.1) is 13.0 Å². The van der Waals surface area contributed by atoms with Crippen molar-refractivity contribution in [1.82, 2.24) is 5.32 Å². The molecule has 3 amide bonds. The van der Waals surface area contributed by atoms with Crippen molar-refractivity contribution in [2.75, 3.05) is 12.4 Å². The average molecular weight is 295 g/mol. The summed E-state index contributed by atoms with van der Waals surface area (Å²) in [5.74, 6) is -2.15. The number of primary amides is 1. The van der Waals surface area contributed by atoms with E-state index in [4.69, 9.17) is 15.6 Å². The number of aliphatic carboxylic acids is 1. The molecule has 0 saturated heterocycles. The van der Waals surface area contributed by atoms with Crippen LogP contribution in [0.2, 0.25) is 0 Å². The highest BCUT2D eigenvalue weighted by atomic mass is 16.5. The second kappa shape index (κ2) is 7.85. The third kappa shape index (κ3) is 5.91. The average Bonchev–Trinajstić information content (AvgIpc) is 2.38. The van der Waals surface area contributed by atoms with Crippen molar-refractivity contribution in [3.8, 4) is 0 Å². The van der Waals surface area contributed by atoms with Crippen LogP contribution in [0.25, 0.3) is 0 Å². The first kappa shape index (κ1) is 16.4. The Morgan fingerprint density at radius 3 is 2.67 bits per heavy atom. The monoisotopic (exact) mass is 295 g/mol. The molecule has 0 spiro atoms. The van der Waals surface area contributed by atoms with Crippen LogP contribution in [0.4, 0.5) is 10.5 Å². The molecule has 0 saturated carbocycles. The highest BCUT2D eigenvalue weighted by molar-refractivity contribution is 5.93. The second-order valence-corrected chi connectivity index (χ2v) is 4.29. The Bertz CT molecular complexity index is 532. The minimum atomic E-state index is -1.37. The normalized spacial score (nSPS) is 11.5. The van der Waals surface area contributed by atoms with Crippen LogP contribution in [0, 0.1) is 0 Å². The lowest BCUT2D eigenvalue weighted by molar-refractivity contribution is -0.140. The smallest absolute Gasteiger partial charge is 0.326 e. The first-order valence-electron chi connectivity index (χ1n) is 6.09. The number of carboxylic acids is 1. The fourth-order valence-corrected chi connectivity index (χ4v) is 1.63. The Balaban J connectivity index is 2.65. The molecular formula is C13H17N3O5. The van der Waals surface area contributed by atoms with Crippen LogP contribution >= 0.6 is 0 Å². The van der Waals surface area contributed by atoms with Crippen LogP contribution in [0.15, 0.2) is 24.3 Å². The summed E-state index contributed by atoms with van der Waals surface area (Å²) in [6.45, 7) is 0.385. The minimum absolute atomic E-state index is 0.385. The number of hydrogen-bond donors (Lipinski definition) is 4. The van der Waals surface area contributed by atoms with Gasteiger partial charge in [0, 0.05) is 12.8 Å². The summed E-state index contributed by atoms with van der Waals surface area (Å²) in [5.41, 5.74) is 6.25. The van der Waals surface area contributed by atoms with E-state index in [-0.39, 0.29) is 0 Å². The van der Waals surface area contributed by atoms with Crippen molar-refractivity contribution < 1.29 is 24.2 Å². The Morgan fingerprint density at radius 1 is 1.38 bits per heavy atom. The number of anilines is 1. The molecule has 1 atom stereocenters. The SMILES string of the molecule is COCc1cccc(NC(=O)NC(CC(N)=O)C(=O)O)c1. The number of ether oxygens (including phenoxy) is 1. The molecule has 21 heavy (non-hydrogen) atoms. The number of amides is 3. The van der Waals surface area contributed by atoms with E-state index in [1.54, 1.807) is 25.3 Å². The van der Waals surface area contributed by atoms with Crippen LogP contribution < -0.4 is 16.4 Å². The summed E-state index contributed by atoms with van der Waals surface area (Å²) in [7, 11) is 1.55. The molecule has 0 fully saturated rings. The van der Waals surface area contributed by atoms with Crippen molar-refractivity contribution in [1.29, 1.82) is 0 Å². The molecular weight excluding hydrogens is 278 g/mol. The van der Waals surface area contributed by atoms with E-state index in [1.165, 1.54) is 0 Å².